The van der Waals surface area contributed by atoms with E-state index in [1.165, 1.54) is 25.9 Å². The van der Waals surface area contributed by atoms with Gasteiger partial charge in [-0.05, 0) is 32.1 Å². The summed E-state index contributed by atoms with van der Waals surface area (Å²) in [6, 6.07) is 1.24. The largest absolute Gasteiger partial charge is 0.349 e. The molecule has 7 heteroatoms. The van der Waals surface area contributed by atoms with Crippen LogP contribution < -0.4 is 4.90 Å². The van der Waals surface area contributed by atoms with Crippen molar-refractivity contribution < 1.29 is 0 Å². The molecule has 2 aromatic rings. The van der Waals surface area contributed by atoms with Gasteiger partial charge in [0.2, 0.25) is 0 Å². The van der Waals surface area contributed by atoms with Crippen molar-refractivity contribution in [2.75, 3.05) is 30.8 Å². The Morgan fingerprint density at radius 3 is 3.09 bits per heavy atom. The van der Waals surface area contributed by atoms with Crippen LogP contribution in [0.2, 0.25) is 0 Å². The van der Waals surface area contributed by atoms with Gasteiger partial charge in [-0.25, -0.2) is 15.0 Å². The predicted molar refractivity (Wildman–Crippen MR) is 93.0 cm³/mol. The van der Waals surface area contributed by atoms with Crippen LogP contribution in [0, 0.1) is 0 Å². The number of piperazine rings is 1. The Labute approximate surface area is 139 Å². The van der Waals surface area contributed by atoms with E-state index in [2.05, 4.69) is 37.9 Å². The average molecular weight is 336 g/mol. The highest BCUT2D eigenvalue weighted by molar-refractivity contribution is 8.00. The van der Waals surface area contributed by atoms with Crippen LogP contribution in [0.3, 0.4) is 0 Å². The molecule has 2 aromatic heterocycles. The number of fused-ring (bicyclic) bond motifs is 2. The van der Waals surface area contributed by atoms with E-state index < -0.39 is 0 Å². The number of aromatic nitrogens is 3. The summed E-state index contributed by atoms with van der Waals surface area (Å²) in [6.45, 7) is 5.82. The molecule has 2 aliphatic heterocycles. The van der Waals surface area contributed by atoms with E-state index in [0.29, 0.717) is 12.1 Å². The molecular formula is C15H21N5S2. The van der Waals surface area contributed by atoms with E-state index in [0.717, 1.165) is 33.5 Å². The first kappa shape index (κ1) is 14.7. The predicted octanol–water partition coefficient (Wildman–Crippen LogP) is 2.87. The van der Waals surface area contributed by atoms with E-state index in [-0.39, 0.29) is 0 Å². The van der Waals surface area contributed by atoms with Gasteiger partial charge in [-0.3, -0.25) is 4.90 Å². The Morgan fingerprint density at radius 2 is 2.27 bits per heavy atom. The Kier molecular flexibility index (Phi) is 3.96. The van der Waals surface area contributed by atoms with Gasteiger partial charge in [0.1, 0.15) is 11.0 Å². The van der Waals surface area contributed by atoms with Crippen LogP contribution in [0.1, 0.15) is 26.2 Å². The molecule has 2 saturated heterocycles. The second-order valence-corrected chi connectivity index (χ2v) is 8.09. The molecule has 0 amide bonds. The van der Waals surface area contributed by atoms with Gasteiger partial charge in [-0.2, -0.15) is 0 Å². The minimum Gasteiger partial charge on any atom is -0.349 e. The fourth-order valence-electron chi connectivity index (χ4n) is 3.71. The quantitative estimate of drug-likeness (QED) is 0.804. The molecule has 2 unspecified atom stereocenters. The Morgan fingerprint density at radius 1 is 1.36 bits per heavy atom. The normalized spacial score (nSPS) is 25.8. The summed E-state index contributed by atoms with van der Waals surface area (Å²) in [4.78, 5) is 18.8. The maximum absolute atomic E-state index is 4.65. The molecule has 2 atom stereocenters. The summed E-state index contributed by atoms with van der Waals surface area (Å²) >= 11 is 3.41. The zero-order chi connectivity index (χ0) is 15.1. The number of hydrogen-bond acceptors (Lipinski definition) is 7. The lowest BCUT2D eigenvalue weighted by atomic mass is 10.1. The van der Waals surface area contributed by atoms with E-state index in [9.17, 15) is 0 Å². The molecule has 2 fully saturated rings. The fourth-order valence-corrected chi connectivity index (χ4v) is 5.23. The van der Waals surface area contributed by atoms with Gasteiger partial charge >= 0.3 is 0 Å². The average Bonchev–Trinajstić information content (AvgIpc) is 3.18. The molecule has 0 spiro atoms. The van der Waals surface area contributed by atoms with Crippen LogP contribution in [0.25, 0.3) is 10.3 Å². The molecule has 5 nitrogen and oxygen atoms in total. The van der Waals surface area contributed by atoms with Crippen LogP contribution in [-0.2, 0) is 0 Å². The summed E-state index contributed by atoms with van der Waals surface area (Å²) in [5.74, 6) is 1.10. The fraction of sp³-hybridized carbons (Fsp3) is 0.667. The molecule has 0 bridgehead atoms. The van der Waals surface area contributed by atoms with Gasteiger partial charge < -0.3 is 4.90 Å². The minimum atomic E-state index is 0.548. The van der Waals surface area contributed by atoms with Crippen molar-refractivity contribution in [3.05, 3.63) is 6.33 Å². The highest BCUT2D eigenvalue weighted by Crippen LogP contribution is 2.36. The molecule has 0 N–H and O–H groups in total. The molecule has 22 heavy (non-hydrogen) atoms. The lowest BCUT2D eigenvalue weighted by Crippen LogP contribution is -2.56. The summed E-state index contributed by atoms with van der Waals surface area (Å²) < 4.78 is 2.22. The van der Waals surface area contributed by atoms with E-state index >= 15 is 0 Å². The SMILES string of the molecule is CCC1CN2CCCC2CN1c1ncnc2nc(SC)sc12. The lowest BCUT2D eigenvalue weighted by Gasteiger charge is -2.44. The van der Waals surface area contributed by atoms with Gasteiger partial charge in [0.25, 0.3) is 0 Å². The number of anilines is 1. The Bertz CT molecular complexity index is 673. The van der Waals surface area contributed by atoms with Crippen molar-refractivity contribution in [1.29, 1.82) is 0 Å². The minimum absolute atomic E-state index is 0.548. The second kappa shape index (κ2) is 5.94. The third kappa shape index (κ3) is 2.39. The van der Waals surface area contributed by atoms with Gasteiger partial charge in [0, 0.05) is 25.2 Å². The first-order valence-electron chi connectivity index (χ1n) is 7.96. The number of thiazole rings is 1. The smallest absolute Gasteiger partial charge is 0.176 e. The number of thioether (sulfide) groups is 1. The summed E-state index contributed by atoms with van der Waals surface area (Å²) in [5, 5.41) is 0. The number of hydrogen-bond donors (Lipinski definition) is 0. The van der Waals surface area contributed by atoms with Gasteiger partial charge in [-0.15, -0.1) is 11.3 Å². The standard InChI is InChI=1S/C15H21N5S2/c1-3-10-7-19-6-4-5-11(19)8-20(10)14-12-13(16-9-17-14)18-15(21-2)22-12/h9-11H,3-8H2,1-2H3. The van der Waals surface area contributed by atoms with Crippen LogP contribution in [0.15, 0.2) is 10.7 Å². The first-order chi connectivity index (χ1) is 10.8. The van der Waals surface area contributed by atoms with E-state index in [1.807, 2.05) is 0 Å². The summed E-state index contributed by atoms with van der Waals surface area (Å²) in [5.41, 5.74) is 0.850. The van der Waals surface area contributed by atoms with Crippen molar-refractivity contribution in [3.8, 4) is 0 Å². The summed E-state index contributed by atoms with van der Waals surface area (Å²) in [6.07, 6.45) is 7.56. The Balaban J connectivity index is 1.74. The molecule has 0 radical (unpaired) electrons. The van der Waals surface area contributed by atoms with Crippen molar-refractivity contribution in [1.82, 2.24) is 19.9 Å². The monoisotopic (exact) mass is 335 g/mol. The van der Waals surface area contributed by atoms with Crippen molar-refractivity contribution >= 4 is 39.3 Å². The number of rotatable bonds is 3. The van der Waals surface area contributed by atoms with E-state index in [1.54, 1.807) is 29.4 Å². The zero-order valence-electron chi connectivity index (χ0n) is 13.0. The topological polar surface area (TPSA) is 45.2 Å². The third-order valence-electron chi connectivity index (χ3n) is 4.86. The molecule has 118 valence electrons. The van der Waals surface area contributed by atoms with Crippen molar-refractivity contribution in [3.63, 3.8) is 0 Å². The van der Waals surface area contributed by atoms with Gasteiger partial charge in [0.15, 0.2) is 15.8 Å². The molecule has 0 aromatic carbocycles. The van der Waals surface area contributed by atoms with Crippen LogP contribution in [0.4, 0.5) is 5.82 Å². The van der Waals surface area contributed by atoms with Gasteiger partial charge in [-0.1, -0.05) is 18.7 Å². The molecule has 2 aliphatic rings. The Hall–Kier alpha value is -0.920. The first-order valence-corrected chi connectivity index (χ1v) is 10.0. The second-order valence-electron chi connectivity index (χ2n) is 6.04. The highest BCUT2D eigenvalue weighted by atomic mass is 32.2. The third-order valence-corrected chi connectivity index (χ3v) is 6.89. The maximum Gasteiger partial charge on any atom is 0.176 e. The van der Waals surface area contributed by atoms with Crippen molar-refractivity contribution in [2.45, 2.75) is 42.6 Å². The van der Waals surface area contributed by atoms with Crippen LogP contribution in [0.5, 0.6) is 0 Å². The maximum atomic E-state index is 4.65. The lowest BCUT2D eigenvalue weighted by molar-refractivity contribution is 0.194. The number of nitrogens with zero attached hydrogens (tertiary/aromatic N) is 5. The summed E-state index contributed by atoms with van der Waals surface area (Å²) in [7, 11) is 0. The van der Waals surface area contributed by atoms with Gasteiger partial charge in [0.05, 0.1) is 0 Å². The van der Waals surface area contributed by atoms with Crippen LogP contribution in [-0.4, -0.2) is 57.8 Å². The zero-order valence-corrected chi connectivity index (χ0v) is 14.7. The molecule has 4 heterocycles. The van der Waals surface area contributed by atoms with Crippen molar-refractivity contribution in [2.24, 2.45) is 0 Å². The highest BCUT2D eigenvalue weighted by Gasteiger charge is 2.36. The van der Waals surface area contributed by atoms with Crippen LogP contribution >= 0.6 is 23.1 Å². The molecule has 0 aliphatic carbocycles. The van der Waals surface area contributed by atoms with E-state index in [4.69, 9.17) is 0 Å². The molecule has 0 saturated carbocycles. The molecular weight excluding hydrogens is 314 g/mol. The molecule has 4 rings (SSSR count).